The van der Waals surface area contributed by atoms with Crippen LogP contribution in [0.3, 0.4) is 0 Å². The third-order valence-corrected chi connectivity index (χ3v) is 5.32. The molecule has 0 radical (unpaired) electrons. The van der Waals surface area contributed by atoms with Gasteiger partial charge in [-0.05, 0) is 38.3 Å². The van der Waals surface area contributed by atoms with E-state index >= 15 is 0 Å². The standard InChI is InChI=1S/C20H30F2N4O3/c1-13-5-4-6-26(11-13)14(2)9-24-20(23-3)25-10-15-7-17-18(28-12-27-17)8-16(15)29-19(21)22/h7-8,13-14,19H,4-6,9-12H2,1-3H3,(H2,23,24,25). The first-order chi connectivity index (χ1) is 14.0. The molecule has 3 rings (SSSR count). The number of rotatable bonds is 7. The van der Waals surface area contributed by atoms with Crippen LogP contribution in [0, 0.1) is 5.92 Å². The van der Waals surface area contributed by atoms with E-state index in [1.807, 2.05) is 0 Å². The number of guanidine groups is 1. The smallest absolute Gasteiger partial charge is 0.387 e. The highest BCUT2D eigenvalue weighted by Crippen LogP contribution is 2.38. The maximum atomic E-state index is 12.8. The molecule has 2 aliphatic rings. The van der Waals surface area contributed by atoms with Gasteiger partial charge in [0.1, 0.15) is 5.75 Å². The van der Waals surface area contributed by atoms with E-state index in [0.29, 0.717) is 29.1 Å². The summed E-state index contributed by atoms with van der Waals surface area (Å²) in [6.45, 7) is 4.87. The number of hydrogen-bond donors (Lipinski definition) is 2. The summed E-state index contributed by atoms with van der Waals surface area (Å²) in [5, 5.41) is 6.47. The molecular weight excluding hydrogens is 382 g/mol. The summed E-state index contributed by atoms with van der Waals surface area (Å²) in [5.41, 5.74) is 0.537. The Morgan fingerprint density at radius 1 is 1.31 bits per heavy atom. The Labute approximate surface area is 170 Å². The molecule has 162 valence electrons. The fourth-order valence-electron chi connectivity index (χ4n) is 3.71. The van der Waals surface area contributed by atoms with Crippen molar-refractivity contribution in [3.8, 4) is 17.2 Å². The molecule has 29 heavy (non-hydrogen) atoms. The highest BCUT2D eigenvalue weighted by molar-refractivity contribution is 5.79. The first-order valence-electron chi connectivity index (χ1n) is 10.0. The number of ether oxygens (including phenoxy) is 3. The number of halogens is 2. The molecule has 0 aliphatic carbocycles. The highest BCUT2D eigenvalue weighted by atomic mass is 19.3. The third-order valence-electron chi connectivity index (χ3n) is 5.32. The Hall–Kier alpha value is -2.29. The van der Waals surface area contributed by atoms with Crippen molar-refractivity contribution >= 4 is 5.96 Å². The molecule has 0 amide bonds. The molecule has 2 heterocycles. The fraction of sp³-hybridized carbons (Fsp3) is 0.650. The lowest BCUT2D eigenvalue weighted by Crippen LogP contribution is -2.48. The van der Waals surface area contributed by atoms with Crippen molar-refractivity contribution in [2.45, 2.75) is 45.9 Å². The van der Waals surface area contributed by atoms with Gasteiger partial charge in [0, 0.05) is 44.4 Å². The number of nitrogens with zero attached hydrogens (tertiary/aromatic N) is 2. The molecule has 9 heteroatoms. The van der Waals surface area contributed by atoms with Gasteiger partial charge in [-0.15, -0.1) is 0 Å². The molecular formula is C20H30F2N4O3. The van der Waals surface area contributed by atoms with Crippen molar-refractivity contribution in [3.05, 3.63) is 17.7 Å². The zero-order valence-electron chi connectivity index (χ0n) is 17.2. The second-order valence-electron chi connectivity index (χ2n) is 7.59. The number of hydrogen-bond acceptors (Lipinski definition) is 5. The van der Waals surface area contributed by atoms with Gasteiger partial charge in [0.15, 0.2) is 17.5 Å². The minimum Gasteiger partial charge on any atom is -0.454 e. The topological polar surface area (TPSA) is 67.4 Å². The molecule has 2 unspecified atom stereocenters. The number of likely N-dealkylation sites (tertiary alicyclic amines) is 1. The summed E-state index contributed by atoms with van der Waals surface area (Å²) in [5.74, 6) is 2.30. The maximum Gasteiger partial charge on any atom is 0.387 e. The van der Waals surface area contributed by atoms with Crippen molar-refractivity contribution in [3.63, 3.8) is 0 Å². The molecule has 2 atom stereocenters. The molecule has 0 spiro atoms. The molecule has 1 aromatic rings. The van der Waals surface area contributed by atoms with Crippen LogP contribution in [0.5, 0.6) is 17.2 Å². The summed E-state index contributed by atoms with van der Waals surface area (Å²) in [4.78, 5) is 6.72. The second-order valence-corrected chi connectivity index (χ2v) is 7.59. The van der Waals surface area contributed by atoms with Gasteiger partial charge in [-0.25, -0.2) is 0 Å². The lowest BCUT2D eigenvalue weighted by Gasteiger charge is -2.35. The van der Waals surface area contributed by atoms with Gasteiger partial charge in [-0.1, -0.05) is 6.92 Å². The van der Waals surface area contributed by atoms with E-state index in [-0.39, 0.29) is 19.1 Å². The summed E-state index contributed by atoms with van der Waals surface area (Å²) in [6.07, 6.45) is 2.52. The van der Waals surface area contributed by atoms with Gasteiger partial charge < -0.3 is 24.8 Å². The van der Waals surface area contributed by atoms with E-state index in [4.69, 9.17) is 9.47 Å². The van der Waals surface area contributed by atoms with Crippen molar-refractivity contribution in [1.29, 1.82) is 0 Å². The molecule has 2 N–H and O–H groups in total. The highest BCUT2D eigenvalue weighted by Gasteiger charge is 2.22. The molecule has 2 aliphatic heterocycles. The predicted molar refractivity (Wildman–Crippen MR) is 107 cm³/mol. The zero-order valence-corrected chi connectivity index (χ0v) is 17.2. The predicted octanol–water partition coefficient (Wildman–Crippen LogP) is 2.80. The molecule has 0 saturated carbocycles. The van der Waals surface area contributed by atoms with Gasteiger partial charge in [0.05, 0.1) is 0 Å². The number of piperidine rings is 1. The van der Waals surface area contributed by atoms with Crippen LogP contribution >= 0.6 is 0 Å². The number of aliphatic imine (C=N–C) groups is 1. The molecule has 0 bridgehead atoms. The summed E-state index contributed by atoms with van der Waals surface area (Å²) in [6, 6.07) is 3.46. The summed E-state index contributed by atoms with van der Waals surface area (Å²) < 4.78 is 40.8. The SMILES string of the molecule is CN=C(NCc1cc2c(cc1OC(F)F)OCO2)NCC(C)N1CCCC(C)C1. The average molecular weight is 412 g/mol. The normalized spacial score (nSPS) is 20.6. The van der Waals surface area contributed by atoms with Gasteiger partial charge in [0.25, 0.3) is 0 Å². The third kappa shape index (κ3) is 5.85. The maximum absolute atomic E-state index is 12.8. The van der Waals surface area contributed by atoms with Gasteiger partial charge in [-0.2, -0.15) is 8.78 Å². The van der Waals surface area contributed by atoms with Crippen molar-refractivity contribution in [2.75, 3.05) is 33.5 Å². The summed E-state index contributed by atoms with van der Waals surface area (Å²) >= 11 is 0. The molecule has 1 fully saturated rings. The van der Waals surface area contributed by atoms with Crippen molar-refractivity contribution in [1.82, 2.24) is 15.5 Å². The van der Waals surface area contributed by atoms with E-state index < -0.39 is 6.61 Å². The van der Waals surface area contributed by atoms with Crippen LogP contribution in [0.25, 0.3) is 0 Å². The van der Waals surface area contributed by atoms with Crippen LogP contribution in [0.4, 0.5) is 8.78 Å². The Morgan fingerprint density at radius 2 is 2.07 bits per heavy atom. The summed E-state index contributed by atoms with van der Waals surface area (Å²) in [7, 11) is 1.68. The second kappa shape index (κ2) is 9.96. The zero-order chi connectivity index (χ0) is 20.8. The van der Waals surface area contributed by atoms with E-state index in [0.717, 1.165) is 25.6 Å². The van der Waals surface area contributed by atoms with E-state index in [1.165, 1.54) is 18.9 Å². The number of alkyl halides is 2. The van der Waals surface area contributed by atoms with Crippen LogP contribution in [0.15, 0.2) is 17.1 Å². The molecule has 1 aromatic carbocycles. The largest absolute Gasteiger partial charge is 0.454 e. The minimum absolute atomic E-state index is 0.0582. The first-order valence-corrected chi connectivity index (χ1v) is 10.0. The van der Waals surface area contributed by atoms with Crippen LogP contribution < -0.4 is 24.8 Å². The molecule has 1 saturated heterocycles. The first kappa shape index (κ1) is 21.4. The Bertz CT molecular complexity index is 717. The minimum atomic E-state index is -2.92. The quantitative estimate of drug-likeness (QED) is 0.530. The fourth-order valence-corrected chi connectivity index (χ4v) is 3.71. The number of fused-ring (bicyclic) bond motifs is 1. The van der Waals surface area contributed by atoms with E-state index in [2.05, 4.69) is 39.1 Å². The van der Waals surface area contributed by atoms with E-state index in [9.17, 15) is 8.78 Å². The van der Waals surface area contributed by atoms with Crippen LogP contribution in [-0.2, 0) is 6.54 Å². The van der Waals surface area contributed by atoms with Crippen molar-refractivity contribution < 1.29 is 23.0 Å². The number of benzene rings is 1. The monoisotopic (exact) mass is 412 g/mol. The lowest BCUT2D eigenvalue weighted by atomic mass is 9.99. The van der Waals surface area contributed by atoms with Gasteiger partial charge in [-0.3, -0.25) is 9.89 Å². The van der Waals surface area contributed by atoms with Crippen LogP contribution in [0.1, 0.15) is 32.3 Å². The van der Waals surface area contributed by atoms with Crippen LogP contribution in [-0.4, -0.2) is 57.0 Å². The molecule has 0 aromatic heterocycles. The Kier molecular flexibility index (Phi) is 7.35. The molecule has 7 nitrogen and oxygen atoms in total. The Morgan fingerprint density at radius 3 is 2.76 bits per heavy atom. The van der Waals surface area contributed by atoms with Crippen LogP contribution in [0.2, 0.25) is 0 Å². The number of nitrogens with one attached hydrogen (secondary N) is 2. The van der Waals surface area contributed by atoms with E-state index in [1.54, 1.807) is 13.1 Å². The van der Waals surface area contributed by atoms with Crippen molar-refractivity contribution in [2.24, 2.45) is 10.9 Å². The van der Waals surface area contributed by atoms with Gasteiger partial charge in [0.2, 0.25) is 6.79 Å². The lowest BCUT2D eigenvalue weighted by molar-refractivity contribution is -0.0505. The van der Waals surface area contributed by atoms with Gasteiger partial charge >= 0.3 is 6.61 Å². The average Bonchev–Trinajstić information content (AvgIpc) is 3.14. The Balaban J connectivity index is 1.56.